The standard InChI is InChI=1S/C21H18N8/c1-29-9-8-24-20(29)15-5-3-7-17(11-15)26-19-18(23)13-25-21(28-19)27-16-6-2-4-14(10-16)12-22/h2-11,13H,23H2,1H3,(H2,25,26,27,28). The van der Waals surface area contributed by atoms with E-state index in [0.717, 1.165) is 22.8 Å². The quantitative estimate of drug-likeness (QED) is 0.480. The number of nitrogens with one attached hydrogen (secondary N) is 2. The number of imidazole rings is 1. The van der Waals surface area contributed by atoms with Gasteiger partial charge in [0.25, 0.3) is 0 Å². The molecule has 142 valence electrons. The molecule has 0 spiro atoms. The van der Waals surface area contributed by atoms with E-state index >= 15 is 0 Å². The fraction of sp³-hybridized carbons (Fsp3) is 0.0476. The van der Waals surface area contributed by atoms with Crippen molar-refractivity contribution in [2.45, 2.75) is 0 Å². The third-order valence-electron chi connectivity index (χ3n) is 4.27. The lowest BCUT2D eigenvalue weighted by atomic mass is 10.2. The highest BCUT2D eigenvalue weighted by molar-refractivity contribution is 5.72. The average molecular weight is 382 g/mol. The third-order valence-corrected chi connectivity index (χ3v) is 4.27. The summed E-state index contributed by atoms with van der Waals surface area (Å²) in [5.74, 6) is 1.72. The van der Waals surface area contributed by atoms with E-state index in [0.29, 0.717) is 23.0 Å². The van der Waals surface area contributed by atoms with Crippen LogP contribution >= 0.6 is 0 Å². The second-order valence-corrected chi connectivity index (χ2v) is 6.38. The minimum absolute atomic E-state index is 0.372. The van der Waals surface area contributed by atoms with Gasteiger partial charge in [0.05, 0.1) is 23.5 Å². The number of aromatic nitrogens is 4. The zero-order valence-electron chi connectivity index (χ0n) is 15.7. The van der Waals surface area contributed by atoms with E-state index < -0.39 is 0 Å². The van der Waals surface area contributed by atoms with E-state index in [9.17, 15) is 0 Å². The first-order valence-electron chi connectivity index (χ1n) is 8.87. The molecule has 0 aliphatic rings. The number of aryl methyl sites for hydroxylation is 1. The summed E-state index contributed by atoms with van der Waals surface area (Å²) in [6.45, 7) is 0. The van der Waals surface area contributed by atoms with Gasteiger partial charge in [0.1, 0.15) is 5.82 Å². The third kappa shape index (κ3) is 3.99. The van der Waals surface area contributed by atoms with Crippen molar-refractivity contribution in [1.29, 1.82) is 5.26 Å². The van der Waals surface area contributed by atoms with Crippen molar-refractivity contribution in [1.82, 2.24) is 19.5 Å². The first kappa shape index (κ1) is 18.0. The lowest BCUT2D eigenvalue weighted by molar-refractivity contribution is 0.925. The van der Waals surface area contributed by atoms with Gasteiger partial charge in [-0.25, -0.2) is 9.97 Å². The molecule has 29 heavy (non-hydrogen) atoms. The Morgan fingerprint density at radius 2 is 1.83 bits per heavy atom. The zero-order valence-corrected chi connectivity index (χ0v) is 15.7. The summed E-state index contributed by atoms with van der Waals surface area (Å²) >= 11 is 0. The molecule has 4 N–H and O–H groups in total. The van der Waals surface area contributed by atoms with Crippen LogP contribution < -0.4 is 16.4 Å². The predicted molar refractivity (Wildman–Crippen MR) is 113 cm³/mol. The molecular weight excluding hydrogens is 364 g/mol. The maximum absolute atomic E-state index is 9.04. The van der Waals surface area contributed by atoms with Gasteiger partial charge in [-0.2, -0.15) is 10.2 Å². The Morgan fingerprint density at radius 3 is 2.59 bits per heavy atom. The summed E-state index contributed by atoms with van der Waals surface area (Å²) in [7, 11) is 1.95. The van der Waals surface area contributed by atoms with Crippen LogP contribution in [-0.4, -0.2) is 19.5 Å². The van der Waals surface area contributed by atoms with Crippen molar-refractivity contribution < 1.29 is 0 Å². The van der Waals surface area contributed by atoms with Crippen molar-refractivity contribution in [3.63, 3.8) is 0 Å². The second-order valence-electron chi connectivity index (χ2n) is 6.38. The molecule has 2 heterocycles. The minimum Gasteiger partial charge on any atom is -0.394 e. The van der Waals surface area contributed by atoms with Crippen LogP contribution in [0.25, 0.3) is 11.4 Å². The maximum atomic E-state index is 9.04. The highest BCUT2D eigenvalue weighted by Crippen LogP contribution is 2.26. The van der Waals surface area contributed by atoms with Crippen LogP contribution in [0.5, 0.6) is 0 Å². The largest absolute Gasteiger partial charge is 0.394 e. The fourth-order valence-corrected chi connectivity index (χ4v) is 2.86. The summed E-state index contributed by atoms with van der Waals surface area (Å²) in [6.07, 6.45) is 5.20. The Balaban J connectivity index is 1.59. The Morgan fingerprint density at radius 1 is 1.03 bits per heavy atom. The molecule has 4 rings (SSSR count). The molecule has 0 unspecified atom stereocenters. The van der Waals surface area contributed by atoms with Gasteiger partial charge in [-0.05, 0) is 30.3 Å². The van der Waals surface area contributed by atoms with Crippen molar-refractivity contribution in [3.8, 4) is 17.5 Å². The van der Waals surface area contributed by atoms with Crippen molar-refractivity contribution in [2.75, 3.05) is 16.4 Å². The monoisotopic (exact) mass is 382 g/mol. The number of benzene rings is 2. The molecule has 0 amide bonds. The molecule has 0 bridgehead atoms. The van der Waals surface area contributed by atoms with Crippen molar-refractivity contribution in [3.05, 3.63) is 72.7 Å². The van der Waals surface area contributed by atoms with Crippen molar-refractivity contribution >= 4 is 28.8 Å². The Labute approximate surface area is 167 Å². The molecule has 0 fully saturated rings. The summed E-state index contributed by atoms with van der Waals surface area (Å²) in [5, 5.41) is 15.4. The van der Waals surface area contributed by atoms with Gasteiger partial charge in [-0.15, -0.1) is 0 Å². The molecule has 0 aliphatic heterocycles. The Hall–Kier alpha value is -4.38. The number of hydrogen-bond acceptors (Lipinski definition) is 7. The molecule has 0 atom stereocenters. The predicted octanol–water partition coefficient (Wildman–Crippen LogP) is 3.82. The minimum atomic E-state index is 0.372. The number of rotatable bonds is 5. The number of anilines is 5. The lowest BCUT2D eigenvalue weighted by Gasteiger charge is -2.12. The number of nitrogen functional groups attached to an aromatic ring is 1. The molecule has 2 aromatic carbocycles. The molecule has 0 saturated heterocycles. The van der Waals surface area contributed by atoms with Gasteiger partial charge in [0.15, 0.2) is 5.82 Å². The number of nitrogens with two attached hydrogens (primary N) is 1. The lowest BCUT2D eigenvalue weighted by Crippen LogP contribution is -2.04. The number of hydrogen-bond donors (Lipinski definition) is 3. The topological polar surface area (TPSA) is 117 Å². The first-order valence-corrected chi connectivity index (χ1v) is 8.87. The maximum Gasteiger partial charge on any atom is 0.229 e. The van der Waals surface area contributed by atoms with Gasteiger partial charge in [-0.1, -0.05) is 18.2 Å². The molecular formula is C21H18N8. The van der Waals surface area contributed by atoms with E-state index in [4.69, 9.17) is 11.0 Å². The molecule has 8 heteroatoms. The molecule has 4 aromatic rings. The highest BCUT2D eigenvalue weighted by atomic mass is 15.2. The van der Waals surface area contributed by atoms with Gasteiger partial charge in [0, 0.05) is 36.4 Å². The fourth-order valence-electron chi connectivity index (χ4n) is 2.86. The number of nitriles is 1. The zero-order chi connectivity index (χ0) is 20.2. The summed E-state index contributed by atoms with van der Waals surface area (Å²) in [5.41, 5.74) is 9.55. The summed E-state index contributed by atoms with van der Waals surface area (Å²) in [6, 6.07) is 17.0. The Kier molecular flexibility index (Phi) is 4.78. The molecule has 8 nitrogen and oxygen atoms in total. The van der Waals surface area contributed by atoms with E-state index in [1.807, 2.05) is 48.1 Å². The molecule has 2 aromatic heterocycles. The van der Waals surface area contributed by atoms with Gasteiger partial charge < -0.3 is 20.9 Å². The number of nitrogens with zero attached hydrogens (tertiary/aromatic N) is 5. The second kappa shape index (κ2) is 7.70. The first-order chi connectivity index (χ1) is 14.1. The van der Waals surface area contributed by atoms with E-state index in [1.165, 1.54) is 6.20 Å². The Bertz CT molecular complexity index is 1210. The smallest absolute Gasteiger partial charge is 0.229 e. The van der Waals surface area contributed by atoms with E-state index in [1.54, 1.807) is 24.4 Å². The van der Waals surface area contributed by atoms with Crippen LogP contribution in [0.3, 0.4) is 0 Å². The van der Waals surface area contributed by atoms with Gasteiger partial charge in [-0.3, -0.25) is 0 Å². The van der Waals surface area contributed by atoms with Crippen LogP contribution in [0.4, 0.5) is 28.8 Å². The summed E-state index contributed by atoms with van der Waals surface area (Å²) < 4.78 is 1.95. The van der Waals surface area contributed by atoms with Crippen LogP contribution in [0, 0.1) is 11.3 Å². The molecule has 0 aliphatic carbocycles. The van der Waals surface area contributed by atoms with Crippen LogP contribution in [0.15, 0.2) is 67.1 Å². The molecule has 0 saturated carbocycles. The van der Waals surface area contributed by atoms with Crippen LogP contribution in [0.2, 0.25) is 0 Å². The van der Waals surface area contributed by atoms with Gasteiger partial charge in [0.2, 0.25) is 5.95 Å². The molecule has 0 radical (unpaired) electrons. The van der Waals surface area contributed by atoms with E-state index in [2.05, 4.69) is 31.7 Å². The van der Waals surface area contributed by atoms with E-state index in [-0.39, 0.29) is 0 Å². The summed E-state index contributed by atoms with van der Waals surface area (Å²) in [4.78, 5) is 13.1. The average Bonchev–Trinajstić information content (AvgIpc) is 3.17. The van der Waals surface area contributed by atoms with Gasteiger partial charge >= 0.3 is 0 Å². The van der Waals surface area contributed by atoms with Crippen molar-refractivity contribution in [2.24, 2.45) is 7.05 Å². The van der Waals surface area contributed by atoms with Crippen LogP contribution in [0.1, 0.15) is 5.56 Å². The van der Waals surface area contributed by atoms with Crippen LogP contribution in [-0.2, 0) is 7.05 Å². The SMILES string of the molecule is Cn1ccnc1-c1cccc(Nc2nc(Nc3cccc(C#N)c3)ncc2N)c1. The highest BCUT2D eigenvalue weighted by Gasteiger charge is 2.08. The normalized spacial score (nSPS) is 10.3.